The lowest BCUT2D eigenvalue weighted by molar-refractivity contribution is -0.118. The van der Waals surface area contributed by atoms with Gasteiger partial charge in [-0.05, 0) is 26.0 Å². The van der Waals surface area contributed by atoms with Crippen LogP contribution in [0.25, 0.3) is 0 Å². The molecule has 110 valence electrons. The van der Waals surface area contributed by atoms with Crippen LogP contribution in [0.4, 0.5) is 0 Å². The van der Waals surface area contributed by atoms with Gasteiger partial charge in [-0.25, -0.2) is 0 Å². The highest BCUT2D eigenvalue weighted by molar-refractivity contribution is 5.98. The van der Waals surface area contributed by atoms with Gasteiger partial charge < -0.3 is 19.5 Å². The maximum Gasteiger partial charge on any atom is 0.252 e. The minimum absolute atomic E-state index is 0.120. The Labute approximate surface area is 118 Å². The molecule has 6 heteroatoms. The largest absolute Gasteiger partial charge is 0.493 e. The minimum Gasteiger partial charge on any atom is -0.493 e. The Morgan fingerprint density at radius 2 is 1.55 bits per heavy atom. The van der Waals surface area contributed by atoms with Crippen LogP contribution < -0.4 is 19.5 Å². The van der Waals surface area contributed by atoms with E-state index in [1.54, 1.807) is 6.92 Å². The average molecular weight is 281 g/mol. The number of carbonyl (C=O) groups is 2. The molecule has 1 amide bonds. The van der Waals surface area contributed by atoms with E-state index >= 15 is 0 Å². The van der Waals surface area contributed by atoms with Gasteiger partial charge in [0.05, 0.1) is 27.4 Å². The first-order valence-corrected chi connectivity index (χ1v) is 6.05. The van der Waals surface area contributed by atoms with Crippen LogP contribution in [0.5, 0.6) is 17.2 Å². The number of methoxy groups -OCH3 is 3. The Morgan fingerprint density at radius 3 is 1.90 bits per heavy atom. The third kappa shape index (κ3) is 3.40. The molecule has 0 saturated carbocycles. The van der Waals surface area contributed by atoms with Gasteiger partial charge in [-0.15, -0.1) is 0 Å². The standard InChI is InChI=1S/C14H19NO5/c1-8(9(2)16)15-14(17)10-6-11(18-3)13(20-5)12(7-10)19-4/h6-8H,1-5H3,(H,15,17). The first-order chi connectivity index (χ1) is 9.44. The van der Waals surface area contributed by atoms with Gasteiger partial charge in [-0.2, -0.15) is 0 Å². The lowest BCUT2D eigenvalue weighted by Gasteiger charge is -2.15. The van der Waals surface area contributed by atoms with Crippen LogP contribution in [-0.2, 0) is 4.79 Å². The summed E-state index contributed by atoms with van der Waals surface area (Å²) in [5.41, 5.74) is 0.326. The average Bonchev–Trinajstić information content (AvgIpc) is 2.45. The molecule has 0 bridgehead atoms. The summed E-state index contributed by atoms with van der Waals surface area (Å²) in [7, 11) is 4.42. The molecule has 0 aliphatic heterocycles. The van der Waals surface area contributed by atoms with Gasteiger partial charge in [0.2, 0.25) is 5.75 Å². The Bertz CT molecular complexity index is 487. The molecule has 0 heterocycles. The molecule has 1 aromatic carbocycles. The fourth-order valence-corrected chi connectivity index (χ4v) is 1.59. The lowest BCUT2D eigenvalue weighted by atomic mass is 10.1. The molecule has 0 saturated heterocycles. The van der Waals surface area contributed by atoms with Crippen molar-refractivity contribution in [3.63, 3.8) is 0 Å². The zero-order chi connectivity index (χ0) is 15.3. The van der Waals surface area contributed by atoms with Gasteiger partial charge in [0, 0.05) is 5.56 Å². The molecule has 1 aromatic rings. The van der Waals surface area contributed by atoms with Gasteiger partial charge in [-0.1, -0.05) is 0 Å². The molecule has 0 aliphatic rings. The topological polar surface area (TPSA) is 73.9 Å². The summed E-state index contributed by atoms with van der Waals surface area (Å²) in [6.45, 7) is 3.04. The molecule has 6 nitrogen and oxygen atoms in total. The molecule has 20 heavy (non-hydrogen) atoms. The Kier molecular flexibility index (Phi) is 5.37. The maximum absolute atomic E-state index is 12.1. The van der Waals surface area contributed by atoms with E-state index in [9.17, 15) is 9.59 Å². The van der Waals surface area contributed by atoms with Crippen LogP contribution in [0, 0.1) is 0 Å². The lowest BCUT2D eigenvalue weighted by Crippen LogP contribution is -2.37. The molecule has 0 radical (unpaired) electrons. The number of Topliss-reactive ketones (excluding diaryl/α,β-unsaturated/α-hetero) is 1. The summed E-state index contributed by atoms with van der Waals surface area (Å²) in [6.07, 6.45) is 0. The van der Waals surface area contributed by atoms with E-state index < -0.39 is 6.04 Å². The second-order valence-corrected chi connectivity index (χ2v) is 4.22. The summed E-state index contributed by atoms with van der Waals surface area (Å²) in [5.74, 6) is 0.670. The Hall–Kier alpha value is -2.24. The zero-order valence-electron chi connectivity index (χ0n) is 12.3. The van der Waals surface area contributed by atoms with Crippen LogP contribution in [-0.4, -0.2) is 39.1 Å². The number of amides is 1. The maximum atomic E-state index is 12.1. The summed E-state index contributed by atoms with van der Waals surface area (Å²) < 4.78 is 15.5. The fourth-order valence-electron chi connectivity index (χ4n) is 1.59. The molecule has 0 aromatic heterocycles. The van der Waals surface area contributed by atoms with Crippen LogP contribution in [0.3, 0.4) is 0 Å². The van der Waals surface area contributed by atoms with Crippen LogP contribution >= 0.6 is 0 Å². The monoisotopic (exact) mass is 281 g/mol. The number of carbonyl (C=O) groups excluding carboxylic acids is 2. The molecule has 1 unspecified atom stereocenters. The third-order valence-electron chi connectivity index (χ3n) is 2.88. The predicted octanol–water partition coefficient (Wildman–Crippen LogP) is 1.42. The van der Waals surface area contributed by atoms with Gasteiger partial charge in [0.25, 0.3) is 5.91 Å². The van der Waals surface area contributed by atoms with Crippen LogP contribution in [0.1, 0.15) is 24.2 Å². The van der Waals surface area contributed by atoms with Gasteiger partial charge in [0.15, 0.2) is 17.3 Å². The predicted molar refractivity (Wildman–Crippen MR) is 73.7 cm³/mol. The van der Waals surface area contributed by atoms with Crippen molar-refractivity contribution in [2.45, 2.75) is 19.9 Å². The Morgan fingerprint density at radius 1 is 1.05 bits per heavy atom. The van der Waals surface area contributed by atoms with Gasteiger partial charge in [-0.3, -0.25) is 9.59 Å². The quantitative estimate of drug-likeness (QED) is 0.853. The number of benzene rings is 1. The highest BCUT2D eigenvalue weighted by atomic mass is 16.5. The molecular weight excluding hydrogens is 262 g/mol. The van der Waals surface area contributed by atoms with Crippen molar-refractivity contribution in [1.29, 1.82) is 0 Å². The molecule has 1 atom stereocenters. The third-order valence-corrected chi connectivity index (χ3v) is 2.88. The van der Waals surface area contributed by atoms with Crippen molar-refractivity contribution < 1.29 is 23.8 Å². The van der Waals surface area contributed by atoms with Crippen LogP contribution in [0.2, 0.25) is 0 Å². The summed E-state index contributed by atoms with van der Waals surface area (Å²) in [4.78, 5) is 23.3. The van der Waals surface area contributed by atoms with Crippen molar-refractivity contribution >= 4 is 11.7 Å². The van der Waals surface area contributed by atoms with Crippen molar-refractivity contribution in [3.05, 3.63) is 17.7 Å². The van der Waals surface area contributed by atoms with E-state index in [1.165, 1.54) is 40.4 Å². The Balaban J connectivity index is 3.13. The van der Waals surface area contributed by atoms with Crippen molar-refractivity contribution in [1.82, 2.24) is 5.32 Å². The van der Waals surface area contributed by atoms with E-state index in [4.69, 9.17) is 14.2 Å². The highest BCUT2D eigenvalue weighted by Crippen LogP contribution is 2.38. The van der Waals surface area contributed by atoms with Gasteiger partial charge in [0.1, 0.15) is 0 Å². The SMILES string of the molecule is COc1cc(C(=O)NC(C)C(C)=O)cc(OC)c1OC. The number of nitrogens with one attached hydrogen (secondary N) is 1. The summed E-state index contributed by atoms with van der Waals surface area (Å²) >= 11 is 0. The summed E-state index contributed by atoms with van der Waals surface area (Å²) in [6, 6.07) is 2.51. The van der Waals surface area contributed by atoms with E-state index in [0.29, 0.717) is 22.8 Å². The first kappa shape index (κ1) is 15.8. The normalized spacial score (nSPS) is 11.4. The van der Waals surface area contributed by atoms with Crippen LogP contribution in [0.15, 0.2) is 12.1 Å². The molecular formula is C14H19NO5. The number of rotatable bonds is 6. The number of ketones is 1. The van der Waals surface area contributed by atoms with E-state index in [1.807, 2.05) is 0 Å². The number of ether oxygens (including phenoxy) is 3. The molecule has 0 spiro atoms. The van der Waals surface area contributed by atoms with Crippen molar-refractivity contribution in [2.75, 3.05) is 21.3 Å². The smallest absolute Gasteiger partial charge is 0.252 e. The van der Waals surface area contributed by atoms with E-state index in [-0.39, 0.29) is 11.7 Å². The van der Waals surface area contributed by atoms with Crippen molar-refractivity contribution in [3.8, 4) is 17.2 Å². The first-order valence-electron chi connectivity index (χ1n) is 6.05. The number of hydrogen-bond acceptors (Lipinski definition) is 5. The molecule has 1 N–H and O–H groups in total. The van der Waals surface area contributed by atoms with E-state index in [0.717, 1.165) is 0 Å². The zero-order valence-corrected chi connectivity index (χ0v) is 12.3. The van der Waals surface area contributed by atoms with Crippen molar-refractivity contribution in [2.24, 2.45) is 0 Å². The molecule has 0 fully saturated rings. The number of hydrogen-bond donors (Lipinski definition) is 1. The molecule has 1 rings (SSSR count). The minimum atomic E-state index is -0.554. The summed E-state index contributed by atoms with van der Waals surface area (Å²) in [5, 5.41) is 2.60. The second-order valence-electron chi connectivity index (χ2n) is 4.22. The highest BCUT2D eigenvalue weighted by Gasteiger charge is 2.19. The van der Waals surface area contributed by atoms with Gasteiger partial charge >= 0.3 is 0 Å². The van der Waals surface area contributed by atoms with E-state index in [2.05, 4.69) is 5.32 Å². The molecule has 0 aliphatic carbocycles. The fraction of sp³-hybridized carbons (Fsp3) is 0.429. The second kappa shape index (κ2) is 6.79.